The van der Waals surface area contributed by atoms with E-state index in [9.17, 15) is 18.0 Å². The molecule has 3 rings (SSSR count). The monoisotopic (exact) mass is 464 g/mol. The molecule has 2 fully saturated rings. The molecule has 0 aromatic heterocycles. The Bertz CT molecular complexity index is 916. The van der Waals surface area contributed by atoms with Crippen LogP contribution in [0, 0.1) is 12.8 Å². The van der Waals surface area contributed by atoms with Crippen molar-refractivity contribution in [3.63, 3.8) is 0 Å². The predicted molar refractivity (Wildman–Crippen MR) is 125 cm³/mol. The maximum Gasteiger partial charge on any atom is 0.319 e. The normalized spacial score (nSPS) is 18.4. The second kappa shape index (κ2) is 10.7. The van der Waals surface area contributed by atoms with Crippen LogP contribution in [0.25, 0.3) is 0 Å². The lowest BCUT2D eigenvalue weighted by molar-refractivity contribution is -0.121. The van der Waals surface area contributed by atoms with Gasteiger partial charge in [0.2, 0.25) is 15.9 Å². The first-order valence-electron chi connectivity index (χ1n) is 11.7. The molecule has 0 bridgehead atoms. The molecule has 2 heterocycles. The van der Waals surface area contributed by atoms with Gasteiger partial charge in [0.15, 0.2) is 0 Å². The van der Waals surface area contributed by atoms with Crippen molar-refractivity contribution in [2.45, 2.75) is 57.8 Å². The number of aryl methyl sites for hydroxylation is 1. The number of hydrogen-bond acceptors (Lipinski definition) is 4. The van der Waals surface area contributed by atoms with E-state index in [1.165, 1.54) is 0 Å². The first kappa shape index (κ1) is 24.5. The van der Waals surface area contributed by atoms with Gasteiger partial charge in [-0.25, -0.2) is 13.2 Å². The Morgan fingerprint density at radius 3 is 2.25 bits per heavy atom. The highest BCUT2D eigenvalue weighted by Gasteiger charge is 2.30. The third-order valence-electron chi connectivity index (χ3n) is 6.56. The van der Waals surface area contributed by atoms with Gasteiger partial charge in [-0.1, -0.05) is 12.5 Å². The van der Waals surface area contributed by atoms with Gasteiger partial charge >= 0.3 is 6.03 Å². The average Bonchev–Trinajstić information content (AvgIpc) is 2.81. The van der Waals surface area contributed by atoms with Crippen molar-refractivity contribution >= 4 is 27.6 Å². The van der Waals surface area contributed by atoms with Crippen LogP contribution in [0.5, 0.6) is 0 Å². The standard InChI is InChI=1S/C23H36N4O4S/c1-4-25(5-2)23(29)26-15-11-19(12-16-26)22(28)24-20-10-9-18(3)21(17-20)32(30,31)27-13-7-6-8-14-27/h9-10,17,19H,4-8,11-16H2,1-3H3,(H,24,28). The number of rotatable bonds is 6. The zero-order valence-electron chi connectivity index (χ0n) is 19.5. The van der Waals surface area contributed by atoms with Gasteiger partial charge in [-0.2, -0.15) is 4.31 Å². The van der Waals surface area contributed by atoms with E-state index in [4.69, 9.17) is 0 Å². The lowest BCUT2D eigenvalue weighted by Gasteiger charge is -2.34. The number of likely N-dealkylation sites (tertiary alicyclic amines) is 1. The molecule has 1 aromatic rings. The fourth-order valence-electron chi connectivity index (χ4n) is 4.47. The highest BCUT2D eigenvalue weighted by molar-refractivity contribution is 7.89. The van der Waals surface area contributed by atoms with Crippen molar-refractivity contribution in [2.75, 3.05) is 44.6 Å². The van der Waals surface area contributed by atoms with Gasteiger partial charge in [0, 0.05) is 50.9 Å². The molecule has 1 aromatic carbocycles. The van der Waals surface area contributed by atoms with E-state index in [-0.39, 0.29) is 22.8 Å². The molecule has 0 unspecified atom stereocenters. The molecular weight excluding hydrogens is 428 g/mol. The second-order valence-electron chi connectivity index (χ2n) is 8.65. The number of urea groups is 1. The van der Waals surface area contributed by atoms with Crippen LogP contribution in [0.4, 0.5) is 10.5 Å². The SMILES string of the molecule is CCN(CC)C(=O)N1CCC(C(=O)Nc2ccc(C)c(S(=O)(=O)N3CCCCC3)c2)CC1. The topological polar surface area (TPSA) is 90.0 Å². The van der Waals surface area contributed by atoms with Crippen LogP contribution in [0.1, 0.15) is 51.5 Å². The molecular formula is C23H36N4O4S. The summed E-state index contributed by atoms with van der Waals surface area (Å²) in [5.41, 5.74) is 1.18. The van der Waals surface area contributed by atoms with Crippen LogP contribution in [-0.2, 0) is 14.8 Å². The number of hydrogen-bond donors (Lipinski definition) is 1. The maximum absolute atomic E-state index is 13.1. The molecule has 1 N–H and O–H groups in total. The number of nitrogens with zero attached hydrogens (tertiary/aromatic N) is 3. The largest absolute Gasteiger partial charge is 0.326 e. The predicted octanol–water partition coefficient (Wildman–Crippen LogP) is 3.28. The first-order valence-corrected chi connectivity index (χ1v) is 13.2. The number of carbonyl (C=O) groups excluding carboxylic acids is 2. The van der Waals surface area contributed by atoms with Crippen LogP contribution in [-0.4, -0.2) is 73.7 Å². The van der Waals surface area contributed by atoms with Crippen molar-refractivity contribution in [1.82, 2.24) is 14.1 Å². The Kier molecular flexibility index (Phi) is 8.16. The fourth-order valence-corrected chi connectivity index (χ4v) is 6.24. The highest BCUT2D eigenvalue weighted by Crippen LogP contribution is 2.27. The number of piperidine rings is 2. The number of benzene rings is 1. The van der Waals surface area contributed by atoms with Crippen LogP contribution >= 0.6 is 0 Å². The number of anilines is 1. The van der Waals surface area contributed by atoms with Crippen molar-refractivity contribution in [3.8, 4) is 0 Å². The molecule has 8 nitrogen and oxygen atoms in total. The van der Waals surface area contributed by atoms with Gasteiger partial charge < -0.3 is 15.1 Å². The Morgan fingerprint density at radius 1 is 1.03 bits per heavy atom. The fraction of sp³-hybridized carbons (Fsp3) is 0.652. The van der Waals surface area contributed by atoms with E-state index < -0.39 is 10.0 Å². The van der Waals surface area contributed by atoms with E-state index in [2.05, 4.69) is 5.32 Å². The Labute approximate surface area is 192 Å². The molecule has 2 aliphatic heterocycles. The molecule has 2 saturated heterocycles. The number of amides is 3. The van der Waals surface area contributed by atoms with Gasteiger partial charge in [0.25, 0.3) is 0 Å². The number of sulfonamides is 1. The molecule has 0 radical (unpaired) electrons. The zero-order valence-corrected chi connectivity index (χ0v) is 20.3. The summed E-state index contributed by atoms with van der Waals surface area (Å²) in [6.07, 6.45) is 4.02. The van der Waals surface area contributed by atoms with Gasteiger partial charge in [-0.15, -0.1) is 0 Å². The van der Waals surface area contributed by atoms with Crippen LogP contribution < -0.4 is 5.32 Å². The van der Waals surface area contributed by atoms with Gasteiger partial charge in [-0.3, -0.25) is 4.79 Å². The van der Waals surface area contributed by atoms with E-state index in [0.29, 0.717) is 63.4 Å². The Balaban J connectivity index is 1.64. The Hall–Kier alpha value is -2.13. The van der Waals surface area contributed by atoms with Gasteiger partial charge in [0.05, 0.1) is 4.90 Å². The summed E-state index contributed by atoms with van der Waals surface area (Å²) >= 11 is 0. The summed E-state index contributed by atoms with van der Waals surface area (Å²) in [5, 5.41) is 2.91. The van der Waals surface area contributed by atoms with Crippen LogP contribution in [0.15, 0.2) is 23.1 Å². The lowest BCUT2D eigenvalue weighted by atomic mass is 9.96. The minimum atomic E-state index is -3.57. The van der Waals surface area contributed by atoms with E-state index in [0.717, 1.165) is 19.3 Å². The van der Waals surface area contributed by atoms with Crippen LogP contribution in [0.2, 0.25) is 0 Å². The summed E-state index contributed by atoms with van der Waals surface area (Å²) in [6, 6.07) is 5.11. The van der Waals surface area contributed by atoms with Crippen molar-refractivity contribution in [3.05, 3.63) is 23.8 Å². The molecule has 9 heteroatoms. The van der Waals surface area contributed by atoms with Crippen LogP contribution in [0.3, 0.4) is 0 Å². The maximum atomic E-state index is 13.1. The number of carbonyl (C=O) groups is 2. The lowest BCUT2D eigenvalue weighted by Crippen LogP contribution is -2.47. The molecule has 178 valence electrons. The van der Waals surface area contributed by atoms with E-state index >= 15 is 0 Å². The van der Waals surface area contributed by atoms with Crippen molar-refractivity contribution < 1.29 is 18.0 Å². The van der Waals surface area contributed by atoms with E-state index in [1.54, 1.807) is 34.3 Å². The van der Waals surface area contributed by atoms with Gasteiger partial charge in [-0.05, 0) is 64.2 Å². The summed E-state index contributed by atoms with van der Waals surface area (Å²) < 4.78 is 27.8. The van der Waals surface area contributed by atoms with Gasteiger partial charge in [0.1, 0.15) is 0 Å². The first-order chi connectivity index (χ1) is 15.3. The molecule has 3 amide bonds. The van der Waals surface area contributed by atoms with E-state index in [1.807, 2.05) is 18.7 Å². The van der Waals surface area contributed by atoms with Crippen molar-refractivity contribution in [1.29, 1.82) is 0 Å². The third kappa shape index (κ3) is 5.43. The van der Waals surface area contributed by atoms with Crippen molar-refractivity contribution in [2.24, 2.45) is 5.92 Å². The molecule has 0 atom stereocenters. The Morgan fingerprint density at radius 2 is 1.66 bits per heavy atom. The minimum absolute atomic E-state index is 0.0277. The quantitative estimate of drug-likeness (QED) is 0.700. The molecule has 0 saturated carbocycles. The minimum Gasteiger partial charge on any atom is -0.326 e. The summed E-state index contributed by atoms with van der Waals surface area (Å²) in [6.45, 7) is 9.24. The average molecular weight is 465 g/mol. The molecule has 32 heavy (non-hydrogen) atoms. The third-order valence-corrected chi connectivity index (χ3v) is 8.60. The molecule has 2 aliphatic rings. The smallest absolute Gasteiger partial charge is 0.319 e. The second-order valence-corrected chi connectivity index (χ2v) is 10.6. The highest BCUT2D eigenvalue weighted by atomic mass is 32.2. The molecule has 0 aliphatic carbocycles. The summed E-state index contributed by atoms with van der Waals surface area (Å²) in [5.74, 6) is -0.315. The molecule has 0 spiro atoms. The summed E-state index contributed by atoms with van der Waals surface area (Å²) in [4.78, 5) is 29.2. The summed E-state index contributed by atoms with van der Waals surface area (Å²) in [7, 11) is -3.57. The number of nitrogens with one attached hydrogen (secondary N) is 1. The zero-order chi connectivity index (χ0) is 23.3.